The maximum Gasteiger partial charge on any atom is 0.0366 e. The van der Waals surface area contributed by atoms with Crippen molar-refractivity contribution >= 4 is 5.69 Å². The SMILES string of the molecule is CCNCc1ccc(N(C)CC(C)C)cc1C. The van der Waals surface area contributed by atoms with Crippen LogP contribution in [0.5, 0.6) is 0 Å². The molecular weight excluding hydrogens is 208 g/mol. The number of nitrogens with one attached hydrogen (secondary N) is 1. The number of hydrogen-bond donors (Lipinski definition) is 1. The lowest BCUT2D eigenvalue weighted by atomic mass is 10.1. The van der Waals surface area contributed by atoms with Crippen molar-refractivity contribution in [3.05, 3.63) is 29.3 Å². The van der Waals surface area contributed by atoms with Crippen LogP contribution in [0.15, 0.2) is 18.2 Å². The number of benzene rings is 1. The van der Waals surface area contributed by atoms with E-state index in [1.54, 1.807) is 0 Å². The molecule has 0 fully saturated rings. The highest BCUT2D eigenvalue weighted by Gasteiger charge is 2.05. The topological polar surface area (TPSA) is 15.3 Å². The van der Waals surface area contributed by atoms with Crippen molar-refractivity contribution in [1.29, 1.82) is 0 Å². The average Bonchev–Trinajstić information content (AvgIpc) is 2.26. The summed E-state index contributed by atoms with van der Waals surface area (Å²) < 4.78 is 0. The molecule has 1 aromatic carbocycles. The zero-order valence-electron chi connectivity index (χ0n) is 11.9. The molecule has 1 aromatic rings. The fraction of sp³-hybridized carbons (Fsp3) is 0.600. The van der Waals surface area contributed by atoms with E-state index in [4.69, 9.17) is 0 Å². The van der Waals surface area contributed by atoms with E-state index in [0.717, 1.165) is 19.6 Å². The molecule has 0 spiro atoms. The monoisotopic (exact) mass is 234 g/mol. The van der Waals surface area contributed by atoms with Gasteiger partial charge in [-0.1, -0.05) is 26.8 Å². The molecule has 2 nitrogen and oxygen atoms in total. The summed E-state index contributed by atoms with van der Waals surface area (Å²) in [6.07, 6.45) is 0. The van der Waals surface area contributed by atoms with Gasteiger partial charge >= 0.3 is 0 Å². The third-order valence-electron chi connectivity index (χ3n) is 2.97. The van der Waals surface area contributed by atoms with E-state index in [-0.39, 0.29) is 0 Å². The fourth-order valence-electron chi connectivity index (χ4n) is 2.03. The molecular formula is C15H26N2. The van der Waals surface area contributed by atoms with Crippen LogP contribution in [-0.2, 0) is 6.54 Å². The van der Waals surface area contributed by atoms with Gasteiger partial charge in [-0.25, -0.2) is 0 Å². The number of hydrogen-bond acceptors (Lipinski definition) is 2. The molecule has 0 aliphatic heterocycles. The molecule has 0 radical (unpaired) electrons. The first-order valence-corrected chi connectivity index (χ1v) is 6.56. The summed E-state index contributed by atoms with van der Waals surface area (Å²) in [4.78, 5) is 2.33. The molecule has 0 saturated heterocycles. The van der Waals surface area contributed by atoms with Gasteiger partial charge < -0.3 is 10.2 Å². The zero-order valence-corrected chi connectivity index (χ0v) is 11.9. The Hall–Kier alpha value is -1.02. The van der Waals surface area contributed by atoms with Crippen molar-refractivity contribution in [2.75, 3.05) is 25.0 Å². The van der Waals surface area contributed by atoms with E-state index < -0.39 is 0 Å². The van der Waals surface area contributed by atoms with Crippen LogP contribution in [0.3, 0.4) is 0 Å². The summed E-state index contributed by atoms with van der Waals surface area (Å²) in [5.41, 5.74) is 4.09. The smallest absolute Gasteiger partial charge is 0.0366 e. The molecule has 96 valence electrons. The first-order chi connectivity index (χ1) is 8.04. The molecule has 1 rings (SSSR count). The van der Waals surface area contributed by atoms with Crippen molar-refractivity contribution in [1.82, 2.24) is 5.32 Å². The first kappa shape index (κ1) is 14.0. The molecule has 0 saturated carbocycles. The highest BCUT2D eigenvalue weighted by molar-refractivity contribution is 5.50. The molecule has 1 N–H and O–H groups in total. The third kappa shape index (κ3) is 4.39. The second kappa shape index (κ2) is 6.65. The summed E-state index contributed by atoms with van der Waals surface area (Å²) in [5, 5.41) is 3.37. The van der Waals surface area contributed by atoms with Crippen molar-refractivity contribution in [2.45, 2.75) is 34.2 Å². The van der Waals surface area contributed by atoms with E-state index >= 15 is 0 Å². The molecule has 0 unspecified atom stereocenters. The number of aryl methyl sites for hydroxylation is 1. The van der Waals surface area contributed by atoms with Crippen LogP contribution in [0.1, 0.15) is 31.9 Å². The molecule has 0 aromatic heterocycles. The van der Waals surface area contributed by atoms with Gasteiger partial charge in [0.15, 0.2) is 0 Å². The Morgan fingerprint density at radius 2 is 2.00 bits per heavy atom. The normalized spacial score (nSPS) is 10.9. The average molecular weight is 234 g/mol. The molecule has 0 aliphatic rings. The summed E-state index contributed by atoms with van der Waals surface area (Å²) in [6.45, 7) is 11.9. The summed E-state index contributed by atoms with van der Waals surface area (Å²) >= 11 is 0. The van der Waals surface area contributed by atoms with Crippen LogP contribution >= 0.6 is 0 Å². The van der Waals surface area contributed by atoms with Crippen LogP contribution in [0, 0.1) is 12.8 Å². The van der Waals surface area contributed by atoms with E-state index in [1.165, 1.54) is 16.8 Å². The number of nitrogens with zero attached hydrogens (tertiary/aromatic N) is 1. The largest absolute Gasteiger partial charge is 0.374 e. The fourth-order valence-corrected chi connectivity index (χ4v) is 2.03. The van der Waals surface area contributed by atoms with Gasteiger partial charge in [0.1, 0.15) is 0 Å². The van der Waals surface area contributed by atoms with Gasteiger partial charge in [-0.2, -0.15) is 0 Å². The Balaban J connectivity index is 2.73. The minimum absolute atomic E-state index is 0.696. The molecule has 0 bridgehead atoms. The van der Waals surface area contributed by atoms with Crippen LogP contribution < -0.4 is 10.2 Å². The van der Waals surface area contributed by atoms with Crippen molar-refractivity contribution in [3.63, 3.8) is 0 Å². The molecule has 17 heavy (non-hydrogen) atoms. The van der Waals surface area contributed by atoms with Gasteiger partial charge in [0.05, 0.1) is 0 Å². The van der Waals surface area contributed by atoms with Crippen molar-refractivity contribution in [3.8, 4) is 0 Å². The molecule has 0 atom stereocenters. The van der Waals surface area contributed by atoms with E-state index in [2.05, 4.69) is 63.2 Å². The van der Waals surface area contributed by atoms with Gasteiger partial charge in [0.25, 0.3) is 0 Å². The first-order valence-electron chi connectivity index (χ1n) is 6.56. The van der Waals surface area contributed by atoms with Crippen LogP contribution in [-0.4, -0.2) is 20.1 Å². The van der Waals surface area contributed by atoms with E-state index in [1.807, 2.05) is 0 Å². The summed E-state index contributed by atoms with van der Waals surface area (Å²) in [6, 6.07) is 6.75. The highest BCUT2D eigenvalue weighted by atomic mass is 15.1. The second-order valence-electron chi connectivity index (χ2n) is 5.17. The Kier molecular flexibility index (Phi) is 5.49. The minimum Gasteiger partial charge on any atom is -0.374 e. The number of anilines is 1. The van der Waals surface area contributed by atoms with Crippen LogP contribution in [0.25, 0.3) is 0 Å². The molecule has 0 aliphatic carbocycles. The molecule has 2 heteroatoms. The lowest BCUT2D eigenvalue weighted by Gasteiger charge is -2.22. The lowest BCUT2D eigenvalue weighted by molar-refractivity contribution is 0.638. The van der Waals surface area contributed by atoms with Gasteiger partial charge in [-0.15, -0.1) is 0 Å². The van der Waals surface area contributed by atoms with Gasteiger partial charge in [-0.3, -0.25) is 0 Å². The van der Waals surface area contributed by atoms with Crippen LogP contribution in [0.2, 0.25) is 0 Å². The highest BCUT2D eigenvalue weighted by Crippen LogP contribution is 2.19. The van der Waals surface area contributed by atoms with Gasteiger partial charge in [-0.05, 0) is 42.6 Å². The Morgan fingerprint density at radius 3 is 2.53 bits per heavy atom. The zero-order chi connectivity index (χ0) is 12.8. The Labute approximate surface area is 106 Å². The minimum atomic E-state index is 0.696. The second-order valence-corrected chi connectivity index (χ2v) is 5.17. The quantitative estimate of drug-likeness (QED) is 0.813. The Morgan fingerprint density at radius 1 is 1.29 bits per heavy atom. The maximum absolute atomic E-state index is 3.37. The van der Waals surface area contributed by atoms with Gasteiger partial charge in [0, 0.05) is 25.8 Å². The van der Waals surface area contributed by atoms with Crippen LogP contribution in [0.4, 0.5) is 5.69 Å². The number of rotatable bonds is 6. The molecule has 0 amide bonds. The lowest BCUT2D eigenvalue weighted by Crippen LogP contribution is -2.22. The van der Waals surface area contributed by atoms with Crippen molar-refractivity contribution < 1.29 is 0 Å². The van der Waals surface area contributed by atoms with E-state index in [9.17, 15) is 0 Å². The molecule has 0 heterocycles. The summed E-state index contributed by atoms with van der Waals surface area (Å²) in [5.74, 6) is 0.696. The van der Waals surface area contributed by atoms with Gasteiger partial charge in [0.2, 0.25) is 0 Å². The predicted molar refractivity (Wildman–Crippen MR) is 76.7 cm³/mol. The third-order valence-corrected chi connectivity index (χ3v) is 2.97. The maximum atomic E-state index is 3.37. The Bertz CT molecular complexity index is 345. The summed E-state index contributed by atoms with van der Waals surface area (Å²) in [7, 11) is 2.17. The van der Waals surface area contributed by atoms with Crippen molar-refractivity contribution in [2.24, 2.45) is 5.92 Å². The standard InChI is InChI=1S/C15H26N2/c1-6-16-10-14-7-8-15(9-13(14)4)17(5)11-12(2)3/h7-9,12,16H,6,10-11H2,1-5H3. The van der Waals surface area contributed by atoms with E-state index in [0.29, 0.717) is 5.92 Å². The predicted octanol–water partition coefficient (Wildman–Crippen LogP) is 3.20.